The van der Waals surface area contributed by atoms with Crippen LogP contribution in [0.2, 0.25) is 0 Å². The van der Waals surface area contributed by atoms with Crippen LogP contribution in [0.25, 0.3) is 0 Å². The first-order valence-corrected chi connectivity index (χ1v) is 6.14. The van der Waals surface area contributed by atoms with Gasteiger partial charge in [-0.3, -0.25) is 0 Å². The lowest BCUT2D eigenvalue weighted by Crippen LogP contribution is -2.47. The number of benzene rings is 1. The monoisotopic (exact) mass is 238 g/mol. The molecule has 2 aliphatic rings. The minimum Gasteiger partial charge on any atom is -0.363 e. The number of fused-ring (bicyclic) bond motifs is 2. The highest BCUT2D eigenvalue weighted by molar-refractivity contribution is 5.52. The van der Waals surface area contributed by atoms with Crippen LogP contribution in [0.3, 0.4) is 0 Å². The Kier molecular flexibility index (Phi) is 2.54. The Morgan fingerprint density at radius 3 is 2.41 bits per heavy atom. The summed E-state index contributed by atoms with van der Waals surface area (Å²) < 4.78 is 27.1. The molecule has 2 heterocycles. The summed E-state index contributed by atoms with van der Waals surface area (Å²) in [6.07, 6.45) is 3.83. The smallest absolute Gasteiger partial charge is 0.182 e. The Hall–Kier alpha value is -1.16. The molecule has 0 aromatic heterocycles. The summed E-state index contributed by atoms with van der Waals surface area (Å²) in [5, 5.41) is 0. The van der Waals surface area contributed by atoms with Crippen molar-refractivity contribution < 1.29 is 8.78 Å². The fourth-order valence-electron chi connectivity index (χ4n) is 3.30. The van der Waals surface area contributed by atoms with Crippen LogP contribution < -0.4 is 10.6 Å². The topological polar surface area (TPSA) is 29.3 Å². The van der Waals surface area contributed by atoms with Crippen LogP contribution >= 0.6 is 0 Å². The molecule has 0 radical (unpaired) electrons. The maximum atomic E-state index is 13.8. The molecule has 2 bridgehead atoms. The molecule has 2 aliphatic heterocycles. The molecule has 2 unspecified atom stereocenters. The summed E-state index contributed by atoms with van der Waals surface area (Å²) in [7, 11) is 0. The summed E-state index contributed by atoms with van der Waals surface area (Å²) in [6.45, 7) is 0. The molecule has 0 spiro atoms. The molecular formula is C13H16F2N2. The summed E-state index contributed by atoms with van der Waals surface area (Å²) >= 11 is 0. The van der Waals surface area contributed by atoms with Crippen LogP contribution in [0, 0.1) is 11.6 Å². The lowest BCUT2D eigenvalue weighted by atomic mass is 9.97. The van der Waals surface area contributed by atoms with Gasteiger partial charge in [0, 0.05) is 18.1 Å². The van der Waals surface area contributed by atoms with E-state index in [1.165, 1.54) is 0 Å². The lowest BCUT2D eigenvalue weighted by molar-refractivity contribution is 0.406. The van der Waals surface area contributed by atoms with Gasteiger partial charge in [0.05, 0.1) is 5.69 Å². The predicted molar refractivity (Wildman–Crippen MR) is 62.9 cm³/mol. The second-order valence-electron chi connectivity index (χ2n) is 5.10. The summed E-state index contributed by atoms with van der Waals surface area (Å²) in [6, 6.07) is 5.17. The number of rotatable bonds is 1. The molecule has 3 rings (SSSR count). The van der Waals surface area contributed by atoms with Crippen LogP contribution in [0.1, 0.15) is 25.7 Å². The van der Waals surface area contributed by atoms with Gasteiger partial charge in [-0.05, 0) is 37.8 Å². The molecule has 0 saturated carbocycles. The minimum absolute atomic E-state index is 0.209. The van der Waals surface area contributed by atoms with Crippen molar-refractivity contribution in [3.8, 4) is 0 Å². The van der Waals surface area contributed by atoms with Crippen molar-refractivity contribution in [1.29, 1.82) is 0 Å². The molecule has 4 heteroatoms. The molecule has 0 aliphatic carbocycles. The van der Waals surface area contributed by atoms with Crippen LogP contribution in [-0.2, 0) is 0 Å². The van der Waals surface area contributed by atoms with Gasteiger partial charge in [-0.15, -0.1) is 0 Å². The third kappa shape index (κ3) is 1.71. The second-order valence-corrected chi connectivity index (χ2v) is 5.10. The number of piperidine rings is 1. The standard InChI is InChI=1S/C13H16F2N2/c14-11-2-1-3-12(13(11)15)17-9-4-5-10(17)7-8(16)6-9/h1-3,8-10H,4-7,16H2. The molecule has 2 nitrogen and oxygen atoms in total. The molecule has 92 valence electrons. The maximum Gasteiger partial charge on any atom is 0.182 e. The van der Waals surface area contributed by atoms with Gasteiger partial charge in [-0.1, -0.05) is 6.07 Å². The van der Waals surface area contributed by atoms with Crippen molar-refractivity contribution in [2.24, 2.45) is 5.73 Å². The number of halogens is 2. The van der Waals surface area contributed by atoms with Crippen LogP contribution in [-0.4, -0.2) is 18.1 Å². The largest absolute Gasteiger partial charge is 0.363 e. The van der Waals surface area contributed by atoms with Crippen molar-refractivity contribution >= 4 is 5.69 Å². The van der Waals surface area contributed by atoms with Crippen molar-refractivity contribution in [3.05, 3.63) is 29.8 Å². The lowest BCUT2D eigenvalue weighted by Gasteiger charge is -2.39. The summed E-state index contributed by atoms with van der Waals surface area (Å²) in [5.74, 6) is -1.49. The van der Waals surface area contributed by atoms with Gasteiger partial charge in [0.15, 0.2) is 11.6 Å². The molecule has 2 fully saturated rings. The predicted octanol–water partition coefficient (Wildman–Crippen LogP) is 2.42. The molecule has 1 aromatic rings. The number of hydrogen-bond donors (Lipinski definition) is 1. The Bertz CT molecular complexity index is 421. The first-order chi connectivity index (χ1) is 8.16. The van der Waals surface area contributed by atoms with Crippen LogP contribution in [0.15, 0.2) is 18.2 Å². The van der Waals surface area contributed by atoms with E-state index in [1.807, 2.05) is 4.90 Å². The Morgan fingerprint density at radius 1 is 1.12 bits per heavy atom. The van der Waals surface area contributed by atoms with Crippen molar-refractivity contribution in [2.45, 2.75) is 43.8 Å². The highest BCUT2D eigenvalue weighted by atomic mass is 19.2. The molecular weight excluding hydrogens is 222 g/mol. The SMILES string of the molecule is NC1CC2CCC(C1)N2c1cccc(F)c1F. The fourth-order valence-corrected chi connectivity index (χ4v) is 3.30. The van der Waals surface area contributed by atoms with Gasteiger partial charge in [0.25, 0.3) is 0 Å². The molecule has 2 atom stereocenters. The first kappa shape index (κ1) is 11.0. The van der Waals surface area contributed by atoms with E-state index in [2.05, 4.69) is 0 Å². The number of anilines is 1. The average molecular weight is 238 g/mol. The zero-order chi connectivity index (χ0) is 12.0. The maximum absolute atomic E-state index is 13.8. The minimum atomic E-state index is -0.767. The van der Waals surface area contributed by atoms with E-state index in [9.17, 15) is 8.78 Å². The van der Waals surface area contributed by atoms with Crippen molar-refractivity contribution in [1.82, 2.24) is 0 Å². The van der Waals surface area contributed by atoms with E-state index in [-0.39, 0.29) is 18.1 Å². The molecule has 2 saturated heterocycles. The van der Waals surface area contributed by atoms with E-state index in [0.717, 1.165) is 31.7 Å². The average Bonchev–Trinajstić information content (AvgIpc) is 2.55. The van der Waals surface area contributed by atoms with Gasteiger partial charge in [0.2, 0.25) is 0 Å². The molecule has 0 amide bonds. The second kappa shape index (κ2) is 3.95. The van der Waals surface area contributed by atoms with Gasteiger partial charge in [0.1, 0.15) is 0 Å². The van der Waals surface area contributed by atoms with Gasteiger partial charge in [-0.25, -0.2) is 8.78 Å². The third-order valence-electron chi connectivity index (χ3n) is 3.98. The summed E-state index contributed by atoms with van der Waals surface area (Å²) in [5.41, 5.74) is 6.38. The number of nitrogens with zero attached hydrogens (tertiary/aromatic N) is 1. The van der Waals surface area contributed by atoms with Crippen LogP contribution in [0.4, 0.5) is 14.5 Å². The van der Waals surface area contributed by atoms with E-state index in [0.29, 0.717) is 5.69 Å². The van der Waals surface area contributed by atoms with Gasteiger partial charge >= 0.3 is 0 Å². The van der Waals surface area contributed by atoms with E-state index in [1.54, 1.807) is 12.1 Å². The van der Waals surface area contributed by atoms with Gasteiger partial charge < -0.3 is 10.6 Å². The number of nitrogens with two attached hydrogens (primary N) is 1. The van der Waals surface area contributed by atoms with E-state index < -0.39 is 11.6 Å². The molecule has 2 N–H and O–H groups in total. The summed E-state index contributed by atoms with van der Waals surface area (Å²) in [4.78, 5) is 2.04. The molecule has 17 heavy (non-hydrogen) atoms. The van der Waals surface area contributed by atoms with Crippen molar-refractivity contribution in [2.75, 3.05) is 4.90 Å². The normalized spacial score (nSPS) is 31.9. The zero-order valence-electron chi connectivity index (χ0n) is 9.57. The van der Waals surface area contributed by atoms with E-state index >= 15 is 0 Å². The fraction of sp³-hybridized carbons (Fsp3) is 0.538. The highest BCUT2D eigenvalue weighted by Crippen LogP contribution is 2.40. The quantitative estimate of drug-likeness (QED) is 0.814. The van der Waals surface area contributed by atoms with E-state index in [4.69, 9.17) is 5.73 Å². The Labute approximate surface area is 99.4 Å². The number of hydrogen-bond acceptors (Lipinski definition) is 2. The Morgan fingerprint density at radius 2 is 1.76 bits per heavy atom. The van der Waals surface area contributed by atoms with Gasteiger partial charge in [-0.2, -0.15) is 0 Å². The molecule has 1 aromatic carbocycles. The highest BCUT2D eigenvalue weighted by Gasteiger charge is 2.40. The Balaban J connectivity index is 1.97. The third-order valence-corrected chi connectivity index (χ3v) is 3.98. The van der Waals surface area contributed by atoms with Crippen LogP contribution in [0.5, 0.6) is 0 Å². The van der Waals surface area contributed by atoms with Crippen molar-refractivity contribution in [3.63, 3.8) is 0 Å². The first-order valence-electron chi connectivity index (χ1n) is 6.14. The zero-order valence-corrected chi connectivity index (χ0v) is 9.57.